The quantitative estimate of drug-likeness (QED) is 0.107. The van der Waals surface area contributed by atoms with Crippen LogP contribution in [0.2, 0.25) is 25.7 Å². The lowest BCUT2D eigenvalue weighted by Crippen LogP contribution is -2.26. The summed E-state index contributed by atoms with van der Waals surface area (Å²) in [6.07, 6.45) is 11.8. The molecule has 13 heteroatoms. The maximum Gasteiger partial charge on any atom is 0.215 e. The van der Waals surface area contributed by atoms with E-state index in [1.54, 1.807) is 40.8 Å². The van der Waals surface area contributed by atoms with E-state index >= 15 is 0 Å². The number of hydrogen-bond donors (Lipinski definition) is 1. The summed E-state index contributed by atoms with van der Waals surface area (Å²) in [5.41, 5.74) is 3.25. The third kappa shape index (κ3) is 6.74. The summed E-state index contributed by atoms with van der Waals surface area (Å²) in [5, 5.41) is 22.4. The number of ether oxygens (including phenoxy) is 1. The first kappa shape index (κ1) is 27.4. The van der Waals surface area contributed by atoms with E-state index in [1.165, 1.54) is 25.7 Å². The van der Waals surface area contributed by atoms with Crippen LogP contribution < -0.4 is 10.2 Å². The number of nitrogens with zero attached hydrogens (tertiary/aromatic N) is 9. The predicted molar refractivity (Wildman–Crippen MR) is 164 cm³/mol. The van der Waals surface area contributed by atoms with Gasteiger partial charge < -0.3 is 10.1 Å². The highest BCUT2D eigenvalue weighted by Gasteiger charge is 2.24. The van der Waals surface area contributed by atoms with E-state index in [0.29, 0.717) is 25.1 Å². The molecule has 11 nitrogen and oxygen atoms in total. The number of anilines is 4. The van der Waals surface area contributed by atoms with Crippen molar-refractivity contribution in [3.63, 3.8) is 0 Å². The summed E-state index contributed by atoms with van der Waals surface area (Å²) in [4.78, 5) is 16.1. The summed E-state index contributed by atoms with van der Waals surface area (Å²) >= 11 is 1.65. The Kier molecular flexibility index (Phi) is 7.99. The van der Waals surface area contributed by atoms with Crippen molar-refractivity contribution < 1.29 is 4.74 Å². The molecule has 1 aliphatic rings. The maximum atomic E-state index is 6.19. The molecule has 1 N–H and O–H groups in total. The van der Waals surface area contributed by atoms with Crippen LogP contribution in [0.4, 0.5) is 22.3 Å². The van der Waals surface area contributed by atoms with E-state index in [1.807, 2.05) is 35.2 Å². The standard InChI is InChI=1S/C28H34N10OSSi/c1-41(2,3)15-14-39-19-37(28-35-34-27(40-28)20-6-4-5-7-20)25-9-8-23-24(33-25)16-22(18-30-23)32-21-10-11-29-26(17-21)38-13-12-31-36-38/h8-13,16-18,20H,4-7,14-15,19H2,1-3H3,(H,29,32). The second-order valence-electron chi connectivity index (χ2n) is 11.5. The maximum absolute atomic E-state index is 6.19. The molecular weight excluding hydrogens is 553 g/mol. The molecule has 41 heavy (non-hydrogen) atoms. The van der Waals surface area contributed by atoms with Crippen molar-refractivity contribution in [1.29, 1.82) is 0 Å². The monoisotopic (exact) mass is 586 g/mol. The van der Waals surface area contributed by atoms with Gasteiger partial charge in [-0.3, -0.25) is 9.88 Å². The number of rotatable bonds is 11. The largest absolute Gasteiger partial charge is 0.361 e. The van der Waals surface area contributed by atoms with E-state index in [2.05, 4.69) is 55.4 Å². The molecule has 0 aliphatic heterocycles. The third-order valence-corrected chi connectivity index (χ3v) is 9.89. The average molecular weight is 587 g/mol. The molecule has 1 aliphatic carbocycles. The smallest absolute Gasteiger partial charge is 0.215 e. The molecule has 5 heterocycles. The number of pyridine rings is 3. The normalized spacial score (nSPS) is 14.1. The molecule has 6 rings (SSSR count). The zero-order chi connectivity index (χ0) is 28.2. The van der Waals surface area contributed by atoms with Crippen LogP contribution in [0.25, 0.3) is 16.9 Å². The molecule has 0 aromatic carbocycles. The first-order chi connectivity index (χ1) is 19.9. The summed E-state index contributed by atoms with van der Waals surface area (Å²) in [5.74, 6) is 1.94. The molecule has 0 spiro atoms. The van der Waals surface area contributed by atoms with Crippen LogP contribution in [0, 0.1) is 0 Å². The summed E-state index contributed by atoms with van der Waals surface area (Å²) in [6.45, 7) is 8.16. The lowest BCUT2D eigenvalue weighted by molar-refractivity contribution is 0.153. The van der Waals surface area contributed by atoms with Crippen molar-refractivity contribution in [2.75, 3.05) is 23.6 Å². The van der Waals surface area contributed by atoms with Crippen LogP contribution in [0.15, 0.2) is 55.1 Å². The fraction of sp³-hybridized carbons (Fsp3) is 0.393. The van der Waals surface area contributed by atoms with Gasteiger partial charge in [0, 0.05) is 38.5 Å². The summed E-state index contributed by atoms with van der Waals surface area (Å²) in [7, 11) is -1.21. The molecule has 0 amide bonds. The van der Waals surface area contributed by atoms with Gasteiger partial charge in [0.2, 0.25) is 5.13 Å². The predicted octanol–water partition coefficient (Wildman–Crippen LogP) is 6.31. The molecule has 212 valence electrons. The minimum absolute atomic E-state index is 0.371. The highest BCUT2D eigenvalue weighted by atomic mass is 32.1. The Morgan fingerprint density at radius 1 is 1.02 bits per heavy atom. The fourth-order valence-corrected chi connectivity index (χ4v) is 6.53. The molecule has 1 fully saturated rings. The molecule has 0 unspecified atom stereocenters. The van der Waals surface area contributed by atoms with Crippen LogP contribution in [0.3, 0.4) is 0 Å². The minimum Gasteiger partial charge on any atom is -0.361 e. The Bertz CT molecular complexity index is 1600. The summed E-state index contributed by atoms with van der Waals surface area (Å²) < 4.78 is 7.80. The topological polar surface area (TPSA) is 120 Å². The van der Waals surface area contributed by atoms with Gasteiger partial charge in [-0.1, -0.05) is 49.0 Å². The van der Waals surface area contributed by atoms with Gasteiger partial charge in [0.15, 0.2) is 5.82 Å². The van der Waals surface area contributed by atoms with Crippen LogP contribution in [0.1, 0.15) is 36.6 Å². The molecule has 0 radical (unpaired) electrons. The fourth-order valence-electron chi connectivity index (χ4n) is 4.76. The highest BCUT2D eigenvalue weighted by Crippen LogP contribution is 2.38. The van der Waals surface area contributed by atoms with Crippen molar-refractivity contribution in [3.05, 3.63) is 60.1 Å². The Balaban J connectivity index is 1.26. The third-order valence-electron chi connectivity index (χ3n) is 7.07. The second-order valence-corrected chi connectivity index (χ2v) is 18.1. The van der Waals surface area contributed by atoms with E-state index < -0.39 is 8.07 Å². The number of nitrogens with one attached hydrogen (secondary N) is 1. The highest BCUT2D eigenvalue weighted by molar-refractivity contribution is 7.15. The van der Waals surface area contributed by atoms with Gasteiger partial charge in [-0.2, -0.15) is 0 Å². The summed E-state index contributed by atoms with van der Waals surface area (Å²) in [6, 6.07) is 10.9. The first-order valence-corrected chi connectivity index (χ1v) is 18.5. The van der Waals surface area contributed by atoms with E-state index in [9.17, 15) is 0 Å². The van der Waals surface area contributed by atoms with Crippen LogP contribution in [0.5, 0.6) is 0 Å². The van der Waals surface area contributed by atoms with Gasteiger partial charge >= 0.3 is 0 Å². The van der Waals surface area contributed by atoms with Crippen molar-refractivity contribution in [1.82, 2.24) is 40.1 Å². The van der Waals surface area contributed by atoms with Crippen LogP contribution >= 0.6 is 11.3 Å². The van der Waals surface area contributed by atoms with Crippen molar-refractivity contribution in [2.24, 2.45) is 0 Å². The molecule has 0 atom stereocenters. The molecular formula is C28H34N10OSSi. The van der Waals surface area contributed by atoms with Crippen molar-refractivity contribution >= 4 is 52.8 Å². The molecule has 0 bridgehead atoms. The average Bonchev–Trinajstić information content (AvgIpc) is 3.75. The number of fused-ring (bicyclic) bond motifs is 1. The Morgan fingerprint density at radius 2 is 1.90 bits per heavy atom. The number of hydrogen-bond acceptors (Lipinski definition) is 11. The Labute approximate surface area is 244 Å². The molecule has 1 saturated carbocycles. The van der Waals surface area contributed by atoms with Gasteiger partial charge in [-0.15, -0.1) is 15.3 Å². The van der Waals surface area contributed by atoms with E-state index in [-0.39, 0.29) is 0 Å². The zero-order valence-corrected chi connectivity index (χ0v) is 25.4. The van der Waals surface area contributed by atoms with Gasteiger partial charge in [-0.25, -0.2) is 14.6 Å². The van der Waals surface area contributed by atoms with Gasteiger partial charge in [-0.05, 0) is 43.2 Å². The molecule has 0 saturated heterocycles. The Hall–Kier alpha value is -3.81. The first-order valence-electron chi connectivity index (χ1n) is 14.0. The van der Waals surface area contributed by atoms with Gasteiger partial charge in [0.25, 0.3) is 0 Å². The Morgan fingerprint density at radius 3 is 2.71 bits per heavy atom. The van der Waals surface area contributed by atoms with Gasteiger partial charge in [0.05, 0.1) is 35.3 Å². The second kappa shape index (κ2) is 12.0. The molecule has 5 aromatic rings. The number of aromatic nitrogens is 8. The SMILES string of the molecule is C[Si](C)(C)CCOCN(c1ccc2ncc(Nc3ccnc(-n4ccnn4)c3)cc2n1)c1nnc(C2CCCC2)s1. The zero-order valence-electron chi connectivity index (χ0n) is 23.6. The van der Waals surface area contributed by atoms with Gasteiger partial charge in [0.1, 0.15) is 17.6 Å². The lowest BCUT2D eigenvalue weighted by Gasteiger charge is -2.22. The van der Waals surface area contributed by atoms with Crippen molar-refractivity contribution in [2.45, 2.75) is 57.3 Å². The van der Waals surface area contributed by atoms with Crippen molar-refractivity contribution in [3.8, 4) is 5.82 Å². The van der Waals surface area contributed by atoms with Crippen LogP contribution in [-0.2, 0) is 4.74 Å². The van der Waals surface area contributed by atoms with Crippen LogP contribution in [-0.4, -0.2) is 61.6 Å². The van der Waals surface area contributed by atoms with E-state index in [0.717, 1.165) is 44.4 Å². The lowest BCUT2D eigenvalue weighted by atomic mass is 10.1. The molecule has 5 aromatic heterocycles. The minimum atomic E-state index is -1.21. The van der Waals surface area contributed by atoms with E-state index in [4.69, 9.17) is 9.72 Å².